The van der Waals surface area contributed by atoms with Gasteiger partial charge in [-0.05, 0) is 82.0 Å². The monoisotopic (exact) mass is 389 g/mol. The Morgan fingerprint density at radius 3 is 2.07 bits per heavy atom. The molecular formula is C25H31N3O. The van der Waals surface area contributed by atoms with Crippen LogP contribution in [0.4, 0.5) is 11.4 Å². The Hall–Kier alpha value is -2.33. The molecule has 1 amide bonds. The van der Waals surface area contributed by atoms with Gasteiger partial charge in [-0.15, -0.1) is 0 Å². The van der Waals surface area contributed by atoms with Gasteiger partial charge in [0.25, 0.3) is 5.91 Å². The average molecular weight is 390 g/mol. The van der Waals surface area contributed by atoms with E-state index in [1.54, 1.807) is 0 Å². The first kappa shape index (κ1) is 18.7. The first-order valence-corrected chi connectivity index (χ1v) is 11.2. The van der Waals surface area contributed by atoms with Crippen LogP contribution in [0.25, 0.3) is 0 Å². The summed E-state index contributed by atoms with van der Waals surface area (Å²) in [4.78, 5) is 19.8. The van der Waals surface area contributed by atoms with Crippen molar-refractivity contribution in [1.29, 1.82) is 0 Å². The molecule has 0 aromatic heterocycles. The smallest absolute Gasteiger partial charge is 0.253 e. The third-order valence-corrected chi connectivity index (χ3v) is 7.26. The molecule has 1 unspecified atom stereocenters. The van der Waals surface area contributed by atoms with Crippen LogP contribution in [0.15, 0.2) is 54.6 Å². The highest BCUT2D eigenvalue weighted by Gasteiger charge is 2.40. The number of fused-ring (bicyclic) bond motifs is 2. The van der Waals surface area contributed by atoms with Crippen LogP contribution in [0.2, 0.25) is 0 Å². The van der Waals surface area contributed by atoms with Gasteiger partial charge in [0.15, 0.2) is 0 Å². The zero-order chi connectivity index (χ0) is 19.8. The van der Waals surface area contributed by atoms with Crippen LogP contribution in [-0.2, 0) is 0 Å². The summed E-state index contributed by atoms with van der Waals surface area (Å²) in [5.41, 5.74) is 3.26. The molecule has 3 aliphatic rings. The van der Waals surface area contributed by atoms with Crippen molar-refractivity contribution in [3.05, 3.63) is 60.2 Å². The molecular weight excluding hydrogens is 358 g/mol. The fourth-order valence-corrected chi connectivity index (χ4v) is 5.62. The van der Waals surface area contributed by atoms with Crippen molar-refractivity contribution in [2.75, 3.05) is 25.0 Å². The van der Waals surface area contributed by atoms with Crippen molar-refractivity contribution < 1.29 is 4.79 Å². The van der Waals surface area contributed by atoms with Crippen LogP contribution >= 0.6 is 0 Å². The molecule has 0 spiro atoms. The van der Waals surface area contributed by atoms with E-state index in [4.69, 9.17) is 0 Å². The molecule has 4 heteroatoms. The van der Waals surface area contributed by atoms with Gasteiger partial charge in [-0.25, -0.2) is 0 Å². The van der Waals surface area contributed by atoms with E-state index in [1.165, 1.54) is 37.1 Å². The molecule has 29 heavy (non-hydrogen) atoms. The molecule has 152 valence electrons. The second kappa shape index (κ2) is 7.83. The Bertz CT molecular complexity index is 830. The summed E-state index contributed by atoms with van der Waals surface area (Å²) in [5, 5.41) is 0. The fraction of sp³-hybridized carbons (Fsp3) is 0.480. The third kappa shape index (κ3) is 3.55. The lowest BCUT2D eigenvalue weighted by Crippen LogP contribution is -2.47. The standard InChI is InChI=1S/C25H31N3O/c1-26-22-13-14-23(26)18-24(17-22)28(20-7-3-2-4-8-20)21-11-9-19(10-12-21)25(29)27-15-5-6-16-27/h2-4,7-12,22-24H,5-6,13-18H2,1H3/t22-,23+,24?. The van der Waals surface area contributed by atoms with Crippen LogP contribution in [0, 0.1) is 0 Å². The lowest BCUT2D eigenvalue weighted by Gasteiger charge is -2.43. The zero-order valence-electron chi connectivity index (χ0n) is 17.3. The zero-order valence-corrected chi connectivity index (χ0v) is 17.3. The minimum Gasteiger partial charge on any atom is -0.339 e. The van der Waals surface area contributed by atoms with Gasteiger partial charge in [0, 0.05) is 48.2 Å². The molecule has 0 radical (unpaired) electrons. The maximum atomic E-state index is 12.7. The lowest BCUT2D eigenvalue weighted by atomic mass is 9.95. The first-order chi connectivity index (χ1) is 14.2. The van der Waals surface area contributed by atoms with E-state index in [9.17, 15) is 4.79 Å². The summed E-state index contributed by atoms with van der Waals surface area (Å²) in [5.74, 6) is 0.178. The highest BCUT2D eigenvalue weighted by atomic mass is 16.2. The molecule has 3 fully saturated rings. The minimum absolute atomic E-state index is 0.178. The number of benzene rings is 2. The van der Waals surface area contributed by atoms with Crippen LogP contribution in [0.1, 0.15) is 48.9 Å². The number of anilines is 2. The number of hydrogen-bond acceptors (Lipinski definition) is 3. The number of para-hydroxylation sites is 1. The lowest BCUT2D eigenvalue weighted by molar-refractivity contribution is 0.0793. The van der Waals surface area contributed by atoms with Gasteiger partial charge in [-0.3, -0.25) is 4.79 Å². The quantitative estimate of drug-likeness (QED) is 0.759. The molecule has 0 N–H and O–H groups in total. The van der Waals surface area contributed by atoms with Crippen molar-refractivity contribution >= 4 is 17.3 Å². The SMILES string of the molecule is CN1[C@@H]2CC[C@H]1CC(N(c1ccccc1)c1ccc(C(=O)N3CCCC3)cc1)C2. The predicted octanol–water partition coefficient (Wildman–Crippen LogP) is 4.69. The number of hydrogen-bond donors (Lipinski definition) is 0. The van der Waals surface area contributed by atoms with Crippen molar-refractivity contribution in [2.45, 2.75) is 56.7 Å². The van der Waals surface area contributed by atoms with Crippen LogP contribution < -0.4 is 4.90 Å². The number of piperidine rings is 1. The van der Waals surface area contributed by atoms with Gasteiger partial charge < -0.3 is 14.7 Å². The van der Waals surface area contributed by atoms with E-state index < -0.39 is 0 Å². The molecule has 5 rings (SSSR count). The summed E-state index contributed by atoms with van der Waals surface area (Å²) in [6, 6.07) is 21.0. The Morgan fingerprint density at radius 2 is 1.45 bits per heavy atom. The maximum absolute atomic E-state index is 12.7. The molecule has 3 aliphatic heterocycles. The van der Waals surface area contributed by atoms with Crippen molar-refractivity contribution in [3.63, 3.8) is 0 Å². The predicted molar refractivity (Wildman–Crippen MR) is 118 cm³/mol. The van der Waals surface area contributed by atoms with Gasteiger partial charge in [-0.1, -0.05) is 18.2 Å². The normalized spacial score (nSPS) is 26.7. The fourth-order valence-electron chi connectivity index (χ4n) is 5.62. The Kier molecular flexibility index (Phi) is 5.04. The topological polar surface area (TPSA) is 26.8 Å². The Morgan fingerprint density at radius 1 is 0.862 bits per heavy atom. The minimum atomic E-state index is 0.178. The van der Waals surface area contributed by atoms with Crippen molar-refractivity contribution in [3.8, 4) is 0 Å². The highest BCUT2D eigenvalue weighted by molar-refractivity contribution is 5.94. The summed E-state index contributed by atoms with van der Waals surface area (Å²) in [7, 11) is 2.30. The average Bonchev–Trinajstić information content (AvgIpc) is 3.35. The van der Waals surface area contributed by atoms with E-state index >= 15 is 0 Å². The molecule has 3 saturated heterocycles. The van der Waals surface area contributed by atoms with Gasteiger partial charge >= 0.3 is 0 Å². The van der Waals surface area contributed by atoms with Gasteiger partial charge in [-0.2, -0.15) is 0 Å². The van der Waals surface area contributed by atoms with E-state index in [0.29, 0.717) is 18.1 Å². The molecule has 2 aromatic carbocycles. The molecule has 4 nitrogen and oxygen atoms in total. The number of carbonyl (C=O) groups excluding carboxylic acids is 1. The number of likely N-dealkylation sites (tertiary alicyclic amines) is 1. The van der Waals surface area contributed by atoms with E-state index in [1.807, 2.05) is 17.0 Å². The molecule has 2 bridgehead atoms. The van der Waals surface area contributed by atoms with Crippen LogP contribution in [-0.4, -0.2) is 54.0 Å². The van der Waals surface area contributed by atoms with E-state index in [2.05, 4.69) is 59.3 Å². The summed E-state index contributed by atoms with van der Waals surface area (Å²) in [6.07, 6.45) is 7.31. The molecule has 3 atom stereocenters. The number of amides is 1. The van der Waals surface area contributed by atoms with Crippen LogP contribution in [0.5, 0.6) is 0 Å². The third-order valence-electron chi connectivity index (χ3n) is 7.26. The first-order valence-electron chi connectivity index (χ1n) is 11.2. The largest absolute Gasteiger partial charge is 0.339 e. The number of carbonyl (C=O) groups is 1. The van der Waals surface area contributed by atoms with E-state index in [-0.39, 0.29) is 5.91 Å². The number of rotatable bonds is 4. The van der Waals surface area contributed by atoms with Crippen molar-refractivity contribution in [2.24, 2.45) is 0 Å². The molecule has 3 heterocycles. The summed E-state index contributed by atoms with van der Waals surface area (Å²) in [6.45, 7) is 1.80. The molecule has 0 saturated carbocycles. The van der Waals surface area contributed by atoms with Crippen molar-refractivity contribution in [1.82, 2.24) is 9.80 Å². The summed E-state index contributed by atoms with van der Waals surface area (Å²) >= 11 is 0. The second-order valence-corrected chi connectivity index (χ2v) is 8.93. The van der Waals surface area contributed by atoms with Crippen LogP contribution in [0.3, 0.4) is 0 Å². The molecule has 0 aliphatic carbocycles. The Labute approximate surface area is 174 Å². The van der Waals surface area contributed by atoms with Gasteiger partial charge in [0.05, 0.1) is 0 Å². The summed E-state index contributed by atoms with van der Waals surface area (Å²) < 4.78 is 0. The van der Waals surface area contributed by atoms with E-state index in [0.717, 1.165) is 31.5 Å². The Balaban J connectivity index is 1.43. The number of nitrogens with zero attached hydrogens (tertiary/aromatic N) is 3. The maximum Gasteiger partial charge on any atom is 0.253 e. The molecule has 2 aromatic rings. The highest BCUT2D eigenvalue weighted by Crippen LogP contribution is 2.40. The van der Waals surface area contributed by atoms with Gasteiger partial charge in [0.2, 0.25) is 0 Å². The van der Waals surface area contributed by atoms with Gasteiger partial charge in [0.1, 0.15) is 0 Å². The second-order valence-electron chi connectivity index (χ2n) is 8.93.